The van der Waals surface area contributed by atoms with Crippen LogP contribution in [-0.2, 0) is 6.42 Å². The fourth-order valence-corrected chi connectivity index (χ4v) is 2.00. The number of aryl methyl sites for hydroxylation is 1. The number of halogens is 1. The number of nitrogens with zero attached hydrogens (tertiary/aromatic N) is 1. The van der Waals surface area contributed by atoms with Crippen LogP contribution < -0.4 is 5.32 Å². The van der Waals surface area contributed by atoms with Crippen molar-refractivity contribution in [3.8, 4) is 0 Å². The third-order valence-corrected chi connectivity index (χ3v) is 2.99. The number of rotatable bonds is 2. The van der Waals surface area contributed by atoms with Crippen molar-refractivity contribution in [3.63, 3.8) is 0 Å². The topological polar surface area (TPSA) is 24.4 Å². The lowest BCUT2D eigenvalue weighted by Gasteiger charge is -2.06. The quantitative estimate of drug-likeness (QED) is 0.651. The van der Waals surface area contributed by atoms with E-state index in [1.807, 2.05) is 14.1 Å². The van der Waals surface area contributed by atoms with E-state index in [1.54, 1.807) is 0 Å². The van der Waals surface area contributed by atoms with Crippen LogP contribution in [0.3, 0.4) is 0 Å². The molecule has 0 amide bonds. The second-order valence-electron chi connectivity index (χ2n) is 4.28. The fourth-order valence-electron chi connectivity index (χ4n) is 2.00. The summed E-state index contributed by atoms with van der Waals surface area (Å²) in [5.41, 5.74) is 2.59. The molecule has 0 saturated heterocycles. The summed E-state index contributed by atoms with van der Waals surface area (Å²) >= 11 is 0. The fraction of sp³-hybridized carbons (Fsp3) is 0.267. The van der Waals surface area contributed by atoms with Crippen molar-refractivity contribution < 1.29 is 0 Å². The highest BCUT2D eigenvalue weighted by Gasteiger charge is 2.00. The number of benzene rings is 2. The molecule has 1 N–H and O–H groups in total. The van der Waals surface area contributed by atoms with Crippen molar-refractivity contribution in [3.05, 3.63) is 47.5 Å². The minimum Gasteiger partial charge on any atom is -0.377 e. The van der Waals surface area contributed by atoms with Crippen LogP contribution in [0.15, 0.2) is 41.4 Å². The molecular formula is C15H19ClN2. The van der Waals surface area contributed by atoms with Gasteiger partial charge in [0.05, 0.1) is 0 Å². The predicted octanol–water partition coefficient (Wildman–Crippen LogP) is 3.36. The van der Waals surface area contributed by atoms with Gasteiger partial charge in [-0.1, -0.05) is 42.0 Å². The lowest BCUT2D eigenvalue weighted by Crippen LogP contribution is -2.20. The Morgan fingerprint density at radius 1 is 1.11 bits per heavy atom. The van der Waals surface area contributed by atoms with Crippen LogP contribution in [0.25, 0.3) is 10.8 Å². The van der Waals surface area contributed by atoms with E-state index in [0.717, 1.165) is 12.3 Å². The Kier molecular flexibility index (Phi) is 5.17. The molecule has 96 valence electrons. The Hall–Kier alpha value is -1.54. The predicted molar refractivity (Wildman–Crippen MR) is 82.1 cm³/mol. The molecule has 0 unspecified atom stereocenters. The highest BCUT2D eigenvalue weighted by Crippen LogP contribution is 2.18. The van der Waals surface area contributed by atoms with Crippen molar-refractivity contribution in [1.29, 1.82) is 0 Å². The number of fused-ring (bicyclic) bond motifs is 1. The van der Waals surface area contributed by atoms with Crippen molar-refractivity contribution >= 4 is 29.0 Å². The number of nitrogens with one attached hydrogen (secondary N) is 1. The summed E-state index contributed by atoms with van der Waals surface area (Å²) < 4.78 is 0. The summed E-state index contributed by atoms with van der Waals surface area (Å²) in [7, 11) is 3.73. The van der Waals surface area contributed by atoms with Crippen molar-refractivity contribution in [1.82, 2.24) is 5.32 Å². The second-order valence-corrected chi connectivity index (χ2v) is 4.28. The third-order valence-electron chi connectivity index (χ3n) is 2.99. The minimum atomic E-state index is 0. The normalized spacial score (nSPS) is 11.2. The van der Waals surface area contributed by atoms with Crippen LogP contribution >= 0.6 is 12.4 Å². The molecule has 0 radical (unpaired) electrons. The van der Waals surface area contributed by atoms with Crippen LogP contribution in [0, 0.1) is 6.92 Å². The Balaban J connectivity index is 0.00000162. The van der Waals surface area contributed by atoms with Gasteiger partial charge in [0.15, 0.2) is 0 Å². The summed E-state index contributed by atoms with van der Waals surface area (Å²) in [6, 6.07) is 13.1. The molecule has 0 saturated carbocycles. The molecule has 0 bridgehead atoms. The van der Waals surface area contributed by atoms with Crippen LogP contribution in [0.5, 0.6) is 0 Å². The van der Waals surface area contributed by atoms with Crippen LogP contribution in [-0.4, -0.2) is 19.9 Å². The molecule has 0 aliphatic rings. The maximum absolute atomic E-state index is 4.20. The average Bonchev–Trinajstić information content (AvgIpc) is 2.36. The van der Waals surface area contributed by atoms with Gasteiger partial charge in [0, 0.05) is 20.5 Å². The Labute approximate surface area is 115 Å². The molecule has 2 aromatic rings. The number of aliphatic imine (C=N–C) groups is 1. The Morgan fingerprint density at radius 3 is 2.44 bits per heavy atom. The number of amidine groups is 1. The van der Waals surface area contributed by atoms with Gasteiger partial charge in [0.1, 0.15) is 5.84 Å². The minimum absolute atomic E-state index is 0. The molecule has 0 atom stereocenters. The first-order chi connectivity index (χ1) is 8.22. The SMILES string of the molecule is CN=C(Cc1ccc2cc(C)ccc2c1)NC.Cl. The number of likely N-dealkylation sites (N-methyl/N-ethyl adjacent to an activating group) is 1. The third kappa shape index (κ3) is 3.23. The van der Waals surface area contributed by atoms with E-state index in [2.05, 4.69) is 53.6 Å². The lowest BCUT2D eigenvalue weighted by molar-refractivity contribution is 1.09. The Morgan fingerprint density at radius 2 is 1.78 bits per heavy atom. The first-order valence-electron chi connectivity index (χ1n) is 5.85. The van der Waals surface area contributed by atoms with Crippen LogP contribution in [0.4, 0.5) is 0 Å². The summed E-state index contributed by atoms with van der Waals surface area (Å²) in [5, 5.41) is 5.70. The average molecular weight is 263 g/mol. The first kappa shape index (κ1) is 14.5. The molecule has 3 heteroatoms. The van der Waals surface area contributed by atoms with E-state index in [9.17, 15) is 0 Å². The molecule has 0 spiro atoms. The molecular weight excluding hydrogens is 244 g/mol. The van der Waals surface area contributed by atoms with Crippen molar-refractivity contribution in [2.24, 2.45) is 4.99 Å². The molecule has 0 aliphatic carbocycles. The largest absolute Gasteiger partial charge is 0.377 e. The summed E-state index contributed by atoms with van der Waals surface area (Å²) in [4.78, 5) is 4.20. The van der Waals surface area contributed by atoms with Gasteiger partial charge in [0.25, 0.3) is 0 Å². The second kappa shape index (κ2) is 6.41. The molecule has 0 aromatic heterocycles. The van der Waals surface area contributed by atoms with Gasteiger partial charge in [0.2, 0.25) is 0 Å². The van der Waals surface area contributed by atoms with Gasteiger partial charge in [-0.2, -0.15) is 0 Å². The summed E-state index contributed by atoms with van der Waals surface area (Å²) in [5.74, 6) is 1.01. The maximum atomic E-state index is 4.20. The molecule has 2 rings (SSSR count). The van der Waals surface area contributed by atoms with Crippen LogP contribution in [0.2, 0.25) is 0 Å². The highest BCUT2D eigenvalue weighted by molar-refractivity contribution is 5.87. The van der Waals surface area contributed by atoms with E-state index in [0.29, 0.717) is 0 Å². The van der Waals surface area contributed by atoms with E-state index < -0.39 is 0 Å². The van der Waals surface area contributed by atoms with E-state index in [1.165, 1.54) is 21.9 Å². The Bertz CT molecular complexity index is 561. The maximum Gasteiger partial charge on any atom is 0.100 e. The zero-order chi connectivity index (χ0) is 12.3. The zero-order valence-corrected chi connectivity index (χ0v) is 11.8. The lowest BCUT2D eigenvalue weighted by atomic mass is 10.0. The summed E-state index contributed by atoms with van der Waals surface area (Å²) in [6.45, 7) is 2.12. The van der Waals surface area contributed by atoms with Crippen molar-refractivity contribution in [2.45, 2.75) is 13.3 Å². The van der Waals surface area contributed by atoms with Gasteiger partial charge in [-0.25, -0.2) is 0 Å². The van der Waals surface area contributed by atoms with E-state index in [4.69, 9.17) is 0 Å². The smallest absolute Gasteiger partial charge is 0.100 e. The molecule has 0 aliphatic heterocycles. The number of hydrogen-bond donors (Lipinski definition) is 1. The van der Waals surface area contributed by atoms with Gasteiger partial charge >= 0.3 is 0 Å². The van der Waals surface area contributed by atoms with Crippen molar-refractivity contribution in [2.75, 3.05) is 14.1 Å². The highest BCUT2D eigenvalue weighted by atomic mass is 35.5. The number of hydrogen-bond acceptors (Lipinski definition) is 1. The van der Waals surface area contributed by atoms with Gasteiger partial charge in [-0.3, -0.25) is 4.99 Å². The molecule has 0 fully saturated rings. The van der Waals surface area contributed by atoms with Gasteiger partial charge in [-0.15, -0.1) is 12.4 Å². The van der Waals surface area contributed by atoms with Gasteiger partial charge in [-0.05, 0) is 23.3 Å². The molecule has 0 heterocycles. The van der Waals surface area contributed by atoms with Gasteiger partial charge < -0.3 is 5.32 Å². The molecule has 18 heavy (non-hydrogen) atoms. The zero-order valence-electron chi connectivity index (χ0n) is 11.0. The first-order valence-corrected chi connectivity index (χ1v) is 5.85. The summed E-state index contributed by atoms with van der Waals surface area (Å²) in [6.07, 6.45) is 0.858. The van der Waals surface area contributed by atoms with E-state index >= 15 is 0 Å². The van der Waals surface area contributed by atoms with Crippen LogP contribution in [0.1, 0.15) is 11.1 Å². The molecule has 2 nitrogen and oxygen atoms in total. The molecule has 2 aromatic carbocycles. The standard InChI is InChI=1S/C15H18N2.ClH/c1-11-4-6-14-9-12(5-7-13(14)8-11)10-15(16-2)17-3;/h4-9H,10H2,1-3H3,(H,16,17);1H. The van der Waals surface area contributed by atoms with E-state index in [-0.39, 0.29) is 12.4 Å². The monoisotopic (exact) mass is 262 g/mol.